The fraction of sp³-hybridized carbons (Fsp3) is 0.869. The summed E-state index contributed by atoms with van der Waals surface area (Å²) in [6.45, 7) is 3.79. The predicted molar refractivity (Wildman–Crippen MR) is 303 cm³/mol. The van der Waals surface area contributed by atoms with Crippen molar-refractivity contribution >= 4 is 19.8 Å². The van der Waals surface area contributed by atoms with Gasteiger partial charge in [-0.25, -0.2) is 4.57 Å². The Labute approximate surface area is 439 Å². The molecule has 2 atom stereocenters. The normalized spacial score (nSPS) is 13.2. The molecular weight excluding hydrogens is 906 g/mol. The monoisotopic (exact) mass is 1020 g/mol. The fourth-order valence-electron chi connectivity index (χ4n) is 9.00. The molecule has 0 aromatic rings. The summed E-state index contributed by atoms with van der Waals surface area (Å²) in [7, 11) is -4.39. The minimum absolute atomic E-state index is 0.0552. The fourth-order valence-corrected chi connectivity index (χ4v) is 9.76. The van der Waals surface area contributed by atoms with Gasteiger partial charge in [-0.15, -0.1) is 0 Å². The zero-order valence-electron chi connectivity index (χ0n) is 46.7. The second kappa shape index (κ2) is 57.5. The van der Waals surface area contributed by atoms with Crippen LogP contribution in [0.4, 0.5) is 0 Å². The summed E-state index contributed by atoms with van der Waals surface area (Å²) in [6, 6.07) is 0. The summed E-state index contributed by atoms with van der Waals surface area (Å²) >= 11 is 0. The van der Waals surface area contributed by atoms with Crippen molar-refractivity contribution in [1.29, 1.82) is 0 Å². The van der Waals surface area contributed by atoms with Gasteiger partial charge in [-0.1, -0.05) is 281 Å². The van der Waals surface area contributed by atoms with E-state index in [1.165, 1.54) is 225 Å². The van der Waals surface area contributed by atoms with E-state index in [0.717, 1.165) is 51.4 Å². The summed E-state index contributed by atoms with van der Waals surface area (Å²) in [6.07, 6.45) is 69.2. The predicted octanol–water partition coefficient (Wildman–Crippen LogP) is 19.2. The van der Waals surface area contributed by atoms with Crippen LogP contribution in [0.3, 0.4) is 0 Å². The van der Waals surface area contributed by atoms with Crippen LogP contribution in [0.1, 0.15) is 309 Å². The Morgan fingerprint density at radius 3 is 1.08 bits per heavy atom. The van der Waals surface area contributed by atoms with Crippen molar-refractivity contribution in [2.24, 2.45) is 5.73 Å². The smallest absolute Gasteiger partial charge is 0.462 e. The summed E-state index contributed by atoms with van der Waals surface area (Å²) < 4.78 is 33.1. The standard InChI is InChI=1S/C61H116NO8P/c1-3-5-7-9-11-13-15-17-19-21-23-25-26-27-28-29-30-31-32-34-36-38-40-42-44-46-48-50-52-54-61(64)70-59(58-69-71(65,66)68-56-55-62)57-67-60(63)53-51-49-47-45-43-41-39-37-35-33-24-22-20-18-16-14-12-10-8-6-4-2/h15,17,21,23,26-27,59H,3-14,16,18-20,22,24-25,28-58,62H2,1-2H3,(H,65,66)/b17-15-,23-21-,27-26-. The van der Waals surface area contributed by atoms with Gasteiger partial charge in [0.15, 0.2) is 6.10 Å². The van der Waals surface area contributed by atoms with Crippen LogP contribution in [0.15, 0.2) is 36.5 Å². The molecule has 0 rings (SSSR count). The van der Waals surface area contributed by atoms with Crippen LogP contribution in [0.5, 0.6) is 0 Å². The summed E-state index contributed by atoms with van der Waals surface area (Å²) in [5, 5.41) is 0. The van der Waals surface area contributed by atoms with Gasteiger partial charge in [0.1, 0.15) is 6.61 Å². The summed E-state index contributed by atoms with van der Waals surface area (Å²) in [5.74, 6) is -0.811. The van der Waals surface area contributed by atoms with E-state index in [4.69, 9.17) is 24.3 Å². The van der Waals surface area contributed by atoms with Gasteiger partial charge in [0.2, 0.25) is 0 Å². The number of carbonyl (C=O) groups is 2. The topological polar surface area (TPSA) is 134 Å². The molecule has 0 aliphatic heterocycles. The zero-order valence-corrected chi connectivity index (χ0v) is 47.6. The van der Waals surface area contributed by atoms with E-state index in [1.54, 1.807) is 0 Å². The van der Waals surface area contributed by atoms with Crippen LogP contribution in [0.25, 0.3) is 0 Å². The maximum atomic E-state index is 12.7. The molecule has 71 heavy (non-hydrogen) atoms. The first-order valence-corrected chi connectivity index (χ1v) is 32.0. The lowest BCUT2D eigenvalue weighted by Crippen LogP contribution is -2.29. The Kier molecular flexibility index (Phi) is 56.1. The molecule has 0 fully saturated rings. The van der Waals surface area contributed by atoms with Crippen LogP contribution in [-0.2, 0) is 32.7 Å². The van der Waals surface area contributed by atoms with Crippen LogP contribution in [-0.4, -0.2) is 49.3 Å². The Morgan fingerprint density at radius 1 is 0.423 bits per heavy atom. The van der Waals surface area contributed by atoms with Gasteiger partial charge in [-0.05, 0) is 51.4 Å². The third-order valence-electron chi connectivity index (χ3n) is 13.5. The maximum absolute atomic E-state index is 12.7. The Balaban J connectivity index is 3.91. The van der Waals surface area contributed by atoms with E-state index < -0.39 is 26.5 Å². The summed E-state index contributed by atoms with van der Waals surface area (Å²) in [4.78, 5) is 35.2. The number of rotatable bonds is 58. The largest absolute Gasteiger partial charge is 0.472 e. The number of phosphoric acid groups is 1. The molecule has 0 bridgehead atoms. The molecule has 0 spiro atoms. The van der Waals surface area contributed by atoms with Crippen molar-refractivity contribution in [3.8, 4) is 0 Å². The van der Waals surface area contributed by atoms with E-state index in [2.05, 4.69) is 50.3 Å². The Bertz CT molecular complexity index is 1260. The highest BCUT2D eigenvalue weighted by molar-refractivity contribution is 7.47. The van der Waals surface area contributed by atoms with E-state index in [9.17, 15) is 19.0 Å². The quantitative estimate of drug-likeness (QED) is 0.0264. The lowest BCUT2D eigenvalue weighted by molar-refractivity contribution is -0.161. The number of hydrogen-bond donors (Lipinski definition) is 2. The van der Waals surface area contributed by atoms with Crippen molar-refractivity contribution in [2.75, 3.05) is 26.4 Å². The van der Waals surface area contributed by atoms with E-state index in [1.807, 2.05) is 0 Å². The van der Waals surface area contributed by atoms with Crippen LogP contribution in [0, 0.1) is 0 Å². The van der Waals surface area contributed by atoms with Crippen molar-refractivity contribution in [2.45, 2.75) is 315 Å². The van der Waals surface area contributed by atoms with Gasteiger partial charge in [-0.3, -0.25) is 18.6 Å². The number of nitrogens with two attached hydrogens (primary N) is 1. The molecule has 9 nitrogen and oxygen atoms in total. The minimum atomic E-state index is -4.39. The lowest BCUT2D eigenvalue weighted by Gasteiger charge is -2.19. The van der Waals surface area contributed by atoms with Gasteiger partial charge in [0.05, 0.1) is 13.2 Å². The van der Waals surface area contributed by atoms with Gasteiger partial charge < -0.3 is 20.1 Å². The molecule has 0 saturated heterocycles. The van der Waals surface area contributed by atoms with E-state index in [-0.39, 0.29) is 38.6 Å². The van der Waals surface area contributed by atoms with Gasteiger partial charge in [0.25, 0.3) is 0 Å². The first-order valence-electron chi connectivity index (χ1n) is 30.5. The van der Waals surface area contributed by atoms with Crippen molar-refractivity contribution in [1.82, 2.24) is 0 Å². The van der Waals surface area contributed by atoms with Crippen LogP contribution < -0.4 is 5.73 Å². The molecule has 0 aliphatic rings. The molecule has 0 aromatic heterocycles. The lowest BCUT2D eigenvalue weighted by atomic mass is 10.0. The SMILES string of the molecule is CCCCCCC/C=C\C/C=C\C/C=C\CCCCCCCCCCCCCCCCC(=O)OC(COC(=O)CCCCCCCCCCCCCCCCCCCCCCC)COP(=O)(O)OCCN. The van der Waals surface area contributed by atoms with Crippen molar-refractivity contribution in [3.63, 3.8) is 0 Å². The molecule has 3 N–H and O–H groups in total. The molecule has 0 heterocycles. The highest BCUT2D eigenvalue weighted by Gasteiger charge is 2.26. The number of phosphoric ester groups is 1. The highest BCUT2D eigenvalue weighted by Crippen LogP contribution is 2.43. The molecular formula is C61H116NO8P. The van der Waals surface area contributed by atoms with Crippen molar-refractivity contribution < 1.29 is 37.6 Å². The molecule has 10 heteroatoms. The minimum Gasteiger partial charge on any atom is -0.462 e. The summed E-state index contributed by atoms with van der Waals surface area (Å²) in [5.41, 5.74) is 5.39. The molecule has 2 unspecified atom stereocenters. The van der Waals surface area contributed by atoms with E-state index >= 15 is 0 Å². The van der Waals surface area contributed by atoms with Crippen LogP contribution in [0.2, 0.25) is 0 Å². The number of esters is 2. The van der Waals surface area contributed by atoms with Gasteiger partial charge in [-0.2, -0.15) is 0 Å². The Morgan fingerprint density at radius 2 is 0.732 bits per heavy atom. The third-order valence-corrected chi connectivity index (χ3v) is 14.5. The molecule has 0 saturated carbocycles. The number of carbonyl (C=O) groups excluding carboxylic acids is 2. The Hall–Kier alpha value is -1.77. The van der Waals surface area contributed by atoms with E-state index in [0.29, 0.717) is 6.42 Å². The number of unbranched alkanes of at least 4 members (excludes halogenated alkanes) is 39. The molecule has 418 valence electrons. The second-order valence-corrected chi connectivity index (χ2v) is 22.0. The highest BCUT2D eigenvalue weighted by atomic mass is 31.2. The maximum Gasteiger partial charge on any atom is 0.472 e. The second-order valence-electron chi connectivity index (χ2n) is 20.6. The van der Waals surface area contributed by atoms with Gasteiger partial charge in [0, 0.05) is 19.4 Å². The average Bonchev–Trinajstić information content (AvgIpc) is 3.36. The molecule has 0 aliphatic carbocycles. The zero-order chi connectivity index (χ0) is 51.7. The first kappa shape index (κ1) is 69.2. The third kappa shape index (κ3) is 57.4. The average molecular weight is 1020 g/mol. The number of allylic oxidation sites excluding steroid dienone is 6. The van der Waals surface area contributed by atoms with Crippen molar-refractivity contribution in [3.05, 3.63) is 36.5 Å². The van der Waals surface area contributed by atoms with Crippen LogP contribution >= 0.6 is 7.82 Å². The number of hydrogen-bond acceptors (Lipinski definition) is 8. The molecule has 0 radical (unpaired) electrons. The van der Waals surface area contributed by atoms with Gasteiger partial charge >= 0.3 is 19.8 Å². The first-order chi connectivity index (χ1) is 34.8. The molecule has 0 amide bonds. The number of ether oxygens (including phenoxy) is 2. The molecule has 0 aromatic carbocycles.